The minimum atomic E-state index is -0.332. The molecule has 1 unspecified atom stereocenters. The number of carbonyl (C=O) groups excluding carboxylic acids is 2. The predicted octanol–water partition coefficient (Wildman–Crippen LogP) is 0.217. The first-order valence-corrected chi connectivity index (χ1v) is 6.34. The van der Waals surface area contributed by atoms with E-state index in [-0.39, 0.29) is 17.9 Å². The summed E-state index contributed by atoms with van der Waals surface area (Å²) in [5.74, 6) is -0.360. The van der Waals surface area contributed by atoms with Crippen molar-refractivity contribution in [2.24, 2.45) is 5.73 Å². The molecule has 6 nitrogen and oxygen atoms in total. The average molecular weight is 260 g/mol. The number of carbonyl (C=O) groups is 2. The van der Waals surface area contributed by atoms with Gasteiger partial charge in [0.2, 0.25) is 11.8 Å². The maximum atomic E-state index is 11.5. The lowest BCUT2D eigenvalue weighted by atomic mass is 10.1. The van der Waals surface area contributed by atoms with Crippen LogP contribution < -0.4 is 21.7 Å². The zero-order chi connectivity index (χ0) is 13.6. The molecule has 0 spiro atoms. The highest BCUT2D eigenvalue weighted by Gasteiger charge is 2.31. The lowest BCUT2D eigenvalue weighted by molar-refractivity contribution is -0.119. The number of nitrogens with zero attached hydrogens (tertiary/aromatic N) is 1. The standard InChI is InChI=1S/C13H16N4O2/c14-8-4-7-5-12(18)16-9(7)6-11(8)17-3-1-2-10(17)13(15)19/h4,6,10H,1-3,5,14H2,(H2,15,19)(H,16,18). The summed E-state index contributed by atoms with van der Waals surface area (Å²) in [5.41, 5.74) is 14.5. The van der Waals surface area contributed by atoms with E-state index in [2.05, 4.69) is 5.32 Å². The fourth-order valence-corrected chi connectivity index (χ4v) is 2.88. The first-order valence-electron chi connectivity index (χ1n) is 6.34. The fourth-order valence-electron chi connectivity index (χ4n) is 2.88. The van der Waals surface area contributed by atoms with Crippen molar-refractivity contribution in [3.8, 4) is 0 Å². The zero-order valence-corrected chi connectivity index (χ0v) is 10.5. The highest BCUT2D eigenvalue weighted by molar-refractivity contribution is 6.01. The number of benzene rings is 1. The molecule has 19 heavy (non-hydrogen) atoms. The number of fused-ring (bicyclic) bond motifs is 1. The molecule has 1 fully saturated rings. The minimum absolute atomic E-state index is 0.0283. The summed E-state index contributed by atoms with van der Waals surface area (Å²) in [6.45, 7) is 0.755. The van der Waals surface area contributed by atoms with E-state index in [1.807, 2.05) is 11.0 Å². The molecule has 2 aliphatic rings. The van der Waals surface area contributed by atoms with Gasteiger partial charge in [-0.1, -0.05) is 0 Å². The molecule has 1 atom stereocenters. The van der Waals surface area contributed by atoms with Crippen LogP contribution in [0.1, 0.15) is 18.4 Å². The summed E-state index contributed by atoms with van der Waals surface area (Å²) in [5, 5.41) is 2.80. The Labute approximate surface area is 110 Å². The Bertz CT molecular complexity index is 570. The topological polar surface area (TPSA) is 101 Å². The second kappa shape index (κ2) is 4.15. The third-order valence-corrected chi connectivity index (χ3v) is 3.77. The Morgan fingerprint density at radius 1 is 1.42 bits per heavy atom. The third-order valence-electron chi connectivity index (χ3n) is 3.77. The molecular weight excluding hydrogens is 244 g/mol. The van der Waals surface area contributed by atoms with Gasteiger partial charge >= 0.3 is 0 Å². The van der Waals surface area contributed by atoms with E-state index in [1.54, 1.807) is 6.07 Å². The van der Waals surface area contributed by atoms with Crippen LogP contribution in [0.2, 0.25) is 0 Å². The van der Waals surface area contributed by atoms with Crippen LogP contribution in [0.15, 0.2) is 12.1 Å². The van der Waals surface area contributed by atoms with Crippen LogP contribution in [0.3, 0.4) is 0 Å². The smallest absolute Gasteiger partial charge is 0.240 e. The largest absolute Gasteiger partial charge is 0.397 e. The number of amides is 2. The quantitative estimate of drug-likeness (QED) is 0.662. The zero-order valence-electron chi connectivity index (χ0n) is 10.5. The number of nitrogen functional groups attached to an aromatic ring is 1. The number of hydrogen-bond donors (Lipinski definition) is 3. The summed E-state index contributed by atoms with van der Waals surface area (Å²) in [6.07, 6.45) is 2.02. The maximum absolute atomic E-state index is 11.5. The third kappa shape index (κ3) is 1.89. The Morgan fingerprint density at radius 3 is 2.95 bits per heavy atom. The summed E-state index contributed by atoms with van der Waals surface area (Å²) in [7, 11) is 0. The number of nitrogens with one attached hydrogen (secondary N) is 1. The molecule has 3 rings (SSSR count). The van der Waals surface area contributed by atoms with Gasteiger partial charge in [-0.15, -0.1) is 0 Å². The number of primary amides is 1. The highest BCUT2D eigenvalue weighted by atomic mass is 16.2. The normalized spacial score (nSPS) is 21.4. The Balaban J connectivity index is 1.99. The molecule has 5 N–H and O–H groups in total. The lowest BCUT2D eigenvalue weighted by Crippen LogP contribution is -2.40. The molecule has 100 valence electrons. The van der Waals surface area contributed by atoms with E-state index in [9.17, 15) is 9.59 Å². The monoisotopic (exact) mass is 260 g/mol. The SMILES string of the molecule is NC(=O)C1CCCN1c1cc2c(cc1N)CC(=O)N2. The van der Waals surface area contributed by atoms with Gasteiger partial charge in [-0.2, -0.15) is 0 Å². The molecule has 2 amide bonds. The van der Waals surface area contributed by atoms with Crippen LogP contribution >= 0.6 is 0 Å². The molecule has 2 heterocycles. The molecule has 0 aromatic heterocycles. The first kappa shape index (κ1) is 11.8. The van der Waals surface area contributed by atoms with Crippen molar-refractivity contribution in [1.29, 1.82) is 0 Å². The first-order chi connectivity index (χ1) is 9.06. The number of hydrogen-bond acceptors (Lipinski definition) is 4. The predicted molar refractivity (Wildman–Crippen MR) is 72.8 cm³/mol. The van der Waals surface area contributed by atoms with Gasteiger partial charge < -0.3 is 21.7 Å². The molecule has 6 heteroatoms. The molecule has 0 bridgehead atoms. The van der Waals surface area contributed by atoms with Crippen LogP contribution in [0.5, 0.6) is 0 Å². The van der Waals surface area contributed by atoms with Crippen molar-refractivity contribution in [2.75, 3.05) is 22.5 Å². The summed E-state index contributed by atoms with van der Waals surface area (Å²) in [4.78, 5) is 24.8. The number of anilines is 3. The van der Waals surface area contributed by atoms with E-state index < -0.39 is 0 Å². The van der Waals surface area contributed by atoms with Gasteiger partial charge in [0.25, 0.3) is 0 Å². The molecule has 2 aliphatic heterocycles. The van der Waals surface area contributed by atoms with E-state index >= 15 is 0 Å². The molecule has 0 radical (unpaired) electrons. The van der Waals surface area contributed by atoms with Gasteiger partial charge in [0.1, 0.15) is 6.04 Å². The van der Waals surface area contributed by atoms with Crippen LogP contribution in [0.25, 0.3) is 0 Å². The molecular formula is C13H16N4O2. The van der Waals surface area contributed by atoms with Gasteiger partial charge in [-0.05, 0) is 30.5 Å². The summed E-state index contributed by atoms with van der Waals surface area (Å²) in [6, 6.07) is 3.34. The van der Waals surface area contributed by atoms with E-state index in [1.165, 1.54) is 0 Å². The fraction of sp³-hybridized carbons (Fsp3) is 0.385. The van der Waals surface area contributed by atoms with Crippen LogP contribution in [0, 0.1) is 0 Å². The maximum Gasteiger partial charge on any atom is 0.240 e. The van der Waals surface area contributed by atoms with Gasteiger partial charge in [0.05, 0.1) is 17.8 Å². The van der Waals surface area contributed by atoms with Crippen molar-refractivity contribution in [2.45, 2.75) is 25.3 Å². The van der Waals surface area contributed by atoms with Crippen LogP contribution in [-0.2, 0) is 16.0 Å². The second-order valence-electron chi connectivity index (χ2n) is 5.05. The molecule has 0 aliphatic carbocycles. The Morgan fingerprint density at radius 2 is 2.21 bits per heavy atom. The summed E-state index contributed by atoms with van der Waals surface area (Å²) >= 11 is 0. The molecule has 1 aromatic rings. The van der Waals surface area contributed by atoms with Gasteiger partial charge in [-0.25, -0.2) is 0 Å². The van der Waals surface area contributed by atoms with Crippen molar-refractivity contribution in [3.05, 3.63) is 17.7 Å². The van der Waals surface area contributed by atoms with Gasteiger partial charge in [0.15, 0.2) is 0 Å². The second-order valence-corrected chi connectivity index (χ2v) is 5.05. The molecule has 0 saturated carbocycles. The van der Waals surface area contributed by atoms with E-state index in [0.29, 0.717) is 12.1 Å². The lowest BCUT2D eigenvalue weighted by Gasteiger charge is -2.26. The molecule has 1 saturated heterocycles. The van der Waals surface area contributed by atoms with Crippen molar-refractivity contribution in [1.82, 2.24) is 0 Å². The van der Waals surface area contributed by atoms with E-state index in [4.69, 9.17) is 11.5 Å². The number of nitrogens with two attached hydrogens (primary N) is 2. The van der Waals surface area contributed by atoms with Crippen LogP contribution in [-0.4, -0.2) is 24.4 Å². The van der Waals surface area contributed by atoms with Crippen molar-refractivity contribution < 1.29 is 9.59 Å². The highest BCUT2D eigenvalue weighted by Crippen LogP contribution is 2.36. The number of rotatable bonds is 2. The van der Waals surface area contributed by atoms with Crippen molar-refractivity contribution >= 4 is 28.9 Å². The Hall–Kier alpha value is -2.24. The minimum Gasteiger partial charge on any atom is -0.397 e. The molecule has 1 aromatic carbocycles. The van der Waals surface area contributed by atoms with E-state index in [0.717, 1.165) is 36.3 Å². The Kier molecular flexibility index (Phi) is 2.58. The van der Waals surface area contributed by atoms with Crippen LogP contribution in [0.4, 0.5) is 17.1 Å². The van der Waals surface area contributed by atoms with Gasteiger partial charge in [0, 0.05) is 12.2 Å². The van der Waals surface area contributed by atoms with Gasteiger partial charge in [-0.3, -0.25) is 9.59 Å². The average Bonchev–Trinajstić information content (AvgIpc) is 2.92. The summed E-state index contributed by atoms with van der Waals surface area (Å²) < 4.78 is 0. The van der Waals surface area contributed by atoms with Crippen molar-refractivity contribution in [3.63, 3.8) is 0 Å².